The highest BCUT2D eigenvalue weighted by Crippen LogP contribution is 2.14. The second-order valence-electron chi connectivity index (χ2n) is 2.36. The Morgan fingerprint density at radius 3 is 1.71 bits per heavy atom. The molecule has 0 saturated heterocycles. The summed E-state index contributed by atoms with van der Waals surface area (Å²) < 4.78 is 6.63. The lowest BCUT2D eigenvalue weighted by molar-refractivity contribution is -0.140. The molecular formula is C10H12Br2O2. The Hall–Kier alpha value is -0.350. The average Bonchev–Trinajstić information content (AvgIpc) is 2.11. The lowest BCUT2D eigenvalue weighted by Crippen LogP contribution is -1.95. The normalized spacial score (nSPS) is 8.57. The second kappa shape index (κ2) is 8.00. The summed E-state index contributed by atoms with van der Waals surface area (Å²) in [5, 5.41) is 0. The van der Waals surface area contributed by atoms with Crippen LogP contribution in [0.3, 0.4) is 0 Å². The molecule has 0 aromatic heterocycles. The van der Waals surface area contributed by atoms with Gasteiger partial charge in [-0.2, -0.15) is 0 Å². The van der Waals surface area contributed by atoms with Crippen molar-refractivity contribution in [2.24, 2.45) is 0 Å². The number of benzene rings is 1. The van der Waals surface area contributed by atoms with E-state index in [2.05, 4.69) is 36.6 Å². The third-order valence-electron chi connectivity index (χ3n) is 1.15. The van der Waals surface area contributed by atoms with Crippen LogP contribution in [0.5, 0.6) is 0 Å². The SMILES string of the molecule is Brc1ccc(Br)cc1.CCOC(C)=O. The molecule has 0 spiro atoms. The number of halogens is 2. The van der Waals surface area contributed by atoms with Gasteiger partial charge < -0.3 is 4.74 Å². The van der Waals surface area contributed by atoms with Crippen LogP contribution >= 0.6 is 31.9 Å². The van der Waals surface area contributed by atoms with E-state index in [-0.39, 0.29) is 5.97 Å². The summed E-state index contributed by atoms with van der Waals surface area (Å²) in [4.78, 5) is 9.82. The number of hydrogen-bond acceptors (Lipinski definition) is 2. The molecule has 0 saturated carbocycles. The molecule has 0 aliphatic heterocycles. The molecule has 0 radical (unpaired) electrons. The lowest BCUT2D eigenvalue weighted by Gasteiger charge is -1.89. The van der Waals surface area contributed by atoms with E-state index in [1.54, 1.807) is 6.92 Å². The van der Waals surface area contributed by atoms with Gasteiger partial charge in [0.25, 0.3) is 0 Å². The molecule has 0 unspecified atom stereocenters. The zero-order valence-electron chi connectivity index (χ0n) is 8.09. The molecule has 0 atom stereocenters. The van der Waals surface area contributed by atoms with E-state index in [4.69, 9.17) is 0 Å². The molecule has 0 aliphatic rings. The van der Waals surface area contributed by atoms with Gasteiger partial charge in [-0.1, -0.05) is 31.9 Å². The Labute approximate surface area is 101 Å². The largest absolute Gasteiger partial charge is 0.466 e. The Morgan fingerprint density at radius 1 is 1.21 bits per heavy atom. The second-order valence-corrected chi connectivity index (χ2v) is 4.19. The fraction of sp³-hybridized carbons (Fsp3) is 0.300. The van der Waals surface area contributed by atoms with Gasteiger partial charge in [-0.05, 0) is 31.2 Å². The molecule has 0 bridgehead atoms. The van der Waals surface area contributed by atoms with Crippen molar-refractivity contribution in [1.29, 1.82) is 0 Å². The summed E-state index contributed by atoms with van der Waals surface area (Å²) in [6, 6.07) is 7.96. The van der Waals surface area contributed by atoms with E-state index < -0.39 is 0 Å². The molecule has 2 nitrogen and oxygen atoms in total. The summed E-state index contributed by atoms with van der Waals surface area (Å²) >= 11 is 6.65. The minimum Gasteiger partial charge on any atom is -0.466 e. The van der Waals surface area contributed by atoms with Crippen LogP contribution in [0.1, 0.15) is 13.8 Å². The fourth-order valence-electron chi connectivity index (χ4n) is 0.633. The molecule has 78 valence electrons. The number of carbonyl (C=O) groups excluding carboxylic acids is 1. The van der Waals surface area contributed by atoms with Gasteiger partial charge in [0, 0.05) is 15.9 Å². The van der Waals surface area contributed by atoms with Gasteiger partial charge in [0.2, 0.25) is 0 Å². The molecule has 0 heterocycles. The van der Waals surface area contributed by atoms with Gasteiger partial charge in [-0.25, -0.2) is 0 Å². The zero-order chi connectivity index (χ0) is 11.0. The van der Waals surface area contributed by atoms with Crippen LogP contribution in [-0.2, 0) is 9.53 Å². The Bertz CT molecular complexity index is 249. The molecular weight excluding hydrogens is 312 g/mol. The van der Waals surface area contributed by atoms with Crippen LogP contribution in [0.25, 0.3) is 0 Å². The van der Waals surface area contributed by atoms with Crippen molar-refractivity contribution in [3.05, 3.63) is 33.2 Å². The van der Waals surface area contributed by atoms with Crippen molar-refractivity contribution in [1.82, 2.24) is 0 Å². The summed E-state index contributed by atoms with van der Waals surface area (Å²) in [5.41, 5.74) is 0. The quantitative estimate of drug-likeness (QED) is 0.735. The highest BCUT2D eigenvalue weighted by atomic mass is 79.9. The minimum absolute atomic E-state index is 0.211. The Kier molecular flexibility index (Phi) is 7.80. The predicted molar refractivity (Wildman–Crippen MR) is 64.1 cm³/mol. The van der Waals surface area contributed by atoms with E-state index in [1.165, 1.54) is 6.92 Å². The van der Waals surface area contributed by atoms with E-state index in [0.717, 1.165) is 8.95 Å². The van der Waals surface area contributed by atoms with Crippen molar-refractivity contribution >= 4 is 37.8 Å². The topological polar surface area (TPSA) is 26.3 Å². The van der Waals surface area contributed by atoms with E-state index >= 15 is 0 Å². The maximum absolute atomic E-state index is 9.82. The number of carbonyl (C=O) groups is 1. The van der Waals surface area contributed by atoms with Crippen molar-refractivity contribution in [2.45, 2.75) is 13.8 Å². The van der Waals surface area contributed by atoms with Crippen molar-refractivity contribution in [2.75, 3.05) is 6.61 Å². The predicted octanol–water partition coefficient (Wildman–Crippen LogP) is 3.78. The number of ether oxygens (including phenoxy) is 1. The molecule has 1 aromatic carbocycles. The summed E-state index contributed by atoms with van der Waals surface area (Å²) in [6.07, 6.45) is 0. The number of esters is 1. The van der Waals surface area contributed by atoms with Gasteiger partial charge in [0.15, 0.2) is 0 Å². The molecule has 4 heteroatoms. The standard InChI is InChI=1S/C6H4Br2.C4H8O2/c7-5-1-2-6(8)4-3-5;1-3-6-4(2)5/h1-4H;3H2,1-2H3. The minimum atomic E-state index is -0.211. The monoisotopic (exact) mass is 322 g/mol. The maximum atomic E-state index is 9.82. The lowest BCUT2D eigenvalue weighted by atomic mass is 10.4. The van der Waals surface area contributed by atoms with Gasteiger partial charge in [-0.15, -0.1) is 0 Å². The highest BCUT2D eigenvalue weighted by molar-refractivity contribution is 9.11. The number of rotatable bonds is 1. The first kappa shape index (κ1) is 13.7. The summed E-state index contributed by atoms with van der Waals surface area (Å²) in [6.45, 7) is 3.65. The first-order valence-electron chi connectivity index (χ1n) is 4.10. The van der Waals surface area contributed by atoms with Gasteiger partial charge >= 0.3 is 5.97 Å². The molecule has 0 amide bonds. The van der Waals surface area contributed by atoms with Gasteiger partial charge in [0.1, 0.15) is 0 Å². The molecule has 0 aliphatic carbocycles. The molecule has 1 aromatic rings. The molecule has 14 heavy (non-hydrogen) atoms. The van der Waals surface area contributed by atoms with E-state index in [9.17, 15) is 4.79 Å². The van der Waals surface area contributed by atoms with Crippen LogP contribution in [-0.4, -0.2) is 12.6 Å². The molecule has 0 fully saturated rings. The van der Waals surface area contributed by atoms with Crippen LogP contribution < -0.4 is 0 Å². The average molecular weight is 324 g/mol. The highest BCUT2D eigenvalue weighted by Gasteiger charge is 1.83. The van der Waals surface area contributed by atoms with E-state index in [0.29, 0.717) is 6.61 Å². The van der Waals surface area contributed by atoms with Gasteiger partial charge in [0.05, 0.1) is 6.61 Å². The first-order valence-corrected chi connectivity index (χ1v) is 5.69. The van der Waals surface area contributed by atoms with Crippen LogP contribution in [0.2, 0.25) is 0 Å². The summed E-state index contributed by atoms with van der Waals surface area (Å²) in [5.74, 6) is -0.211. The van der Waals surface area contributed by atoms with Crippen LogP contribution in [0, 0.1) is 0 Å². The Balaban J connectivity index is 0.000000255. The summed E-state index contributed by atoms with van der Waals surface area (Å²) in [7, 11) is 0. The van der Waals surface area contributed by atoms with E-state index in [1.807, 2.05) is 24.3 Å². The van der Waals surface area contributed by atoms with Crippen molar-refractivity contribution in [3.63, 3.8) is 0 Å². The molecule has 1 rings (SSSR count). The van der Waals surface area contributed by atoms with Gasteiger partial charge in [-0.3, -0.25) is 4.79 Å². The van der Waals surface area contributed by atoms with Crippen LogP contribution in [0.15, 0.2) is 33.2 Å². The third kappa shape index (κ3) is 8.26. The first-order chi connectivity index (χ1) is 6.56. The molecule has 0 N–H and O–H groups in total. The zero-order valence-corrected chi connectivity index (χ0v) is 11.3. The Morgan fingerprint density at radius 2 is 1.57 bits per heavy atom. The van der Waals surface area contributed by atoms with Crippen molar-refractivity contribution in [3.8, 4) is 0 Å². The number of hydrogen-bond donors (Lipinski definition) is 0. The third-order valence-corrected chi connectivity index (χ3v) is 2.21. The fourth-order valence-corrected chi connectivity index (χ4v) is 1.16. The van der Waals surface area contributed by atoms with Crippen LogP contribution in [0.4, 0.5) is 0 Å². The maximum Gasteiger partial charge on any atom is 0.302 e. The van der Waals surface area contributed by atoms with Crippen molar-refractivity contribution < 1.29 is 9.53 Å². The smallest absolute Gasteiger partial charge is 0.302 e.